The van der Waals surface area contributed by atoms with Gasteiger partial charge in [-0.05, 0) is 168 Å². The standard InChI is InChI=1S/C11H22N2.C9H20N2.2C9H19N.C8H15F2N/c1-11(2,3)13-7-9-5-12(4)6-10(9)8-13;1-9(2,3)11-7-5-10(4)6-8-11;2*1-8-5-6-10(7-8)9(2,3)4;1-7(2,3)11-5-4-8(9,10)6-11/h9-10H,5-8H2,1-4H3;5-8H2,1-4H3;2*8H,5-7H2,1-4H3;4-6H2,1-3H3. The summed E-state index contributed by atoms with van der Waals surface area (Å²) in [7, 11) is 4.44. The molecular weight excluding hydrogens is 689 g/mol. The van der Waals surface area contributed by atoms with E-state index in [1.807, 2.05) is 25.7 Å². The van der Waals surface area contributed by atoms with Crippen molar-refractivity contribution in [2.24, 2.45) is 23.7 Å². The van der Waals surface area contributed by atoms with Gasteiger partial charge in [-0.25, -0.2) is 8.78 Å². The molecule has 6 heterocycles. The lowest BCUT2D eigenvalue weighted by atomic mass is 10.0. The van der Waals surface area contributed by atoms with Crippen molar-refractivity contribution in [1.29, 1.82) is 0 Å². The lowest BCUT2D eigenvalue weighted by molar-refractivity contribution is 0.00171. The van der Waals surface area contributed by atoms with Crippen LogP contribution in [0.5, 0.6) is 0 Å². The molecule has 6 rings (SSSR count). The first-order valence-electron chi connectivity index (χ1n) is 22.3. The number of alkyl halides is 2. The number of fused-ring (bicyclic) bond motifs is 1. The van der Waals surface area contributed by atoms with Crippen molar-refractivity contribution < 1.29 is 8.78 Å². The summed E-state index contributed by atoms with van der Waals surface area (Å²) in [4.78, 5) is 17.0. The van der Waals surface area contributed by atoms with Gasteiger partial charge in [0.05, 0.1) is 6.54 Å². The Morgan fingerprint density at radius 3 is 1.00 bits per heavy atom. The molecule has 6 saturated heterocycles. The Hall–Kier alpha value is -0.420. The second-order valence-corrected chi connectivity index (χ2v) is 23.5. The molecule has 9 heteroatoms. The van der Waals surface area contributed by atoms with Crippen LogP contribution in [0.25, 0.3) is 0 Å². The van der Waals surface area contributed by atoms with E-state index in [2.05, 4.69) is 140 Å². The summed E-state index contributed by atoms with van der Waals surface area (Å²) in [6.45, 7) is 54.0. The fraction of sp³-hybridized carbons (Fsp3) is 1.00. The molecule has 6 fully saturated rings. The lowest BCUT2D eigenvalue weighted by Crippen LogP contribution is -2.52. The van der Waals surface area contributed by atoms with Crippen LogP contribution < -0.4 is 0 Å². The topological polar surface area (TPSA) is 22.7 Å². The van der Waals surface area contributed by atoms with Crippen molar-refractivity contribution in [3.05, 3.63) is 0 Å². The van der Waals surface area contributed by atoms with Gasteiger partial charge >= 0.3 is 0 Å². The Morgan fingerprint density at radius 1 is 0.400 bits per heavy atom. The fourth-order valence-corrected chi connectivity index (χ4v) is 8.65. The largest absolute Gasteiger partial charge is 0.306 e. The van der Waals surface area contributed by atoms with E-state index in [4.69, 9.17) is 0 Å². The normalized spacial score (nSPS) is 29.4. The van der Waals surface area contributed by atoms with E-state index in [9.17, 15) is 8.78 Å². The first kappa shape index (κ1) is 50.7. The van der Waals surface area contributed by atoms with Crippen LogP contribution in [0.4, 0.5) is 8.78 Å². The molecule has 0 aromatic carbocycles. The van der Waals surface area contributed by atoms with E-state index >= 15 is 0 Å². The molecule has 0 bridgehead atoms. The van der Waals surface area contributed by atoms with Crippen LogP contribution in [0.3, 0.4) is 0 Å². The van der Waals surface area contributed by atoms with E-state index in [0.717, 1.165) is 23.7 Å². The summed E-state index contributed by atoms with van der Waals surface area (Å²) in [5.74, 6) is 1.28. The zero-order valence-corrected chi connectivity index (χ0v) is 40.2. The highest BCUT2D eigenvalue weighted by Crippen LogP contribution is 2.34. The van der Waals surface area contributed by atoms with Gasteiger partial charge in [0, 0.05) is 106 Å². The Kier molecular flexibility index (Phi) is 18.7. The van der Waals surface area contributed by atoms with Gasteiger partial charge in [-0.2, -0.15) is 0 Å². The highest BCUT2D eigenvalue weighted by molar-refractivity contribution is 4.96. The summed E-state index contributed by atoms with van der Waals surface area (Å²) >= 11 is 0. The van der Waals surface area contributed by atoms with Crippen LogP contribution in [0.1, 0.15) is 137 Å². The van der Waals surface area contributed by atoms with E-state index < -0.39 is 5.92 Å². The highest BCUT2D eigenvalue weighted by atomic mass is 19.3. The van der Waals surface area contributed by atoms with Crippen molar-refractivity contribution in [2.45, 2.75) is 171 Å². The number of likely N-dealkylation sites (N-methyl/N-ethyl adjacent to an activating group) is 1. The molecular formula is C46H95F2N7. The van der Waals surface area contributed by atoms with E-state index in [-0.39, 0.29) is 18.5 Å². The second-order valence-electron chi connectivity index (χ2n) is 23.5. The number of halogens is 2. The second kappa shape index (κ2) is 20.2. The minimum Gasteiger partial charge on any atom is -0.306 e. The molecule has 0 aromatic rings. The molecule has 0 radical (unpaired) electrons. The number of rotatable bonds is 0. The van der Waals surface area contributed by atoms with Crippen LogP contribution in [0.15, 0.2) is 0 Å². The Bertz CT molecular complexity index is 1040. The molecule has 4 atom stereocenters. The molecule has 7 nitrogen and oxygen atoms in total. The zero-order chi connectivity index (χ0) is 42.4. The number of nitrogens with zero attached hydrogens (tertiary/aromatic N) is 7. The van der Waals surface area contributed by atoms with Gasteiger partial charge in [0.2, 0.25) is 0 Å². The van der Waals surface area contributed by atoms with Crippen molar-refractivity contribution in [1.82, 2.24) is 34.3 Å². The summed E-state index contributed by atoms with van der Waals surface area (Å²) < 4.78 is 25.4. The van der Waals surface area contributed by atoms with Gasteiger partial charge in [-0.3, -0.25) is 24.5 Å². The summed E-state index contributed by atoms with van der Waals surface area (Å²) in [6.07, 6.45) is 2.79. The number of hydrogen-bond acceptors (Lipinski definition) is 7. The molecule has 0 N–H and O–H groups in total. The predicted molar refractivity (Wildman–Crippen MR) is 236 cm³/mol. The molecule has 6 aliphatic rings. The molecule has 55 heavy (non-hydrogen) atoms. The summed E-state index contributed by atoms with van der Waals surface area (Å²) in [5, 5.41) is 0. The molecule has 0 saturated carbocycles. The Labute approximate surface area is 342 Å². The van der Waals surface area contributed by atoms with Crippen molar-refractivity contribution in [3.63, 3.8) is 0 Å². The quantitative estimate of drug-likeness (QED) is 0.242. The van der Waals surface area contributed by atoms with Crippen LogP contribution >= 0.6 is 0 Å². The first-order chi connectivity index (χ1) is 24.8. The fourth-order valence-electron chi connectivity index (χ4n) is 8.65. The monoisotopic (exact) mass is 784 g/mol. The molecule has 0 amide bonds. The van der Waals surface area contributed by atoms with Gasteiger partial charge in [0.25, 0.3) is 5.92 Å². The third kappa shape index (κ3) is 18.2. The zero-order valence-electron chi connectivity index (χ0n) is 40.2. The smallest absolute Gasteiger partial charge is 0.261 e. The van der Waals surface area contributed by atoms with Gasteiger partial charge in [-0.15, -0.1) is 0 Å². The number of piperazine rings is 1. The third-order valence-corrected chi connectivity index (χ3v) is 12.9. The number of likely N-dealkylation sites (tertiary alicyclic amines) is 5. The van der Waals surface area contributed by atoms with Crippen molar-refractivity contribution in [2.75, 3.05) is 106 Å². The summed E-state index contributed by atoms with van der Waals surface area (Å²) in [5.41, 5.74) is 1.42. The third-order valence-electron chi connectivity index (χ3n) is 12.9. The highest BCUT2D eigenvalue weighted by Gasteiger charge is 2.43. The summed E-state index contributed by atoms with van der Waals surface area (Å²) in [6, 6.07) is 0. The minimum absolute atomic E-state index is 0.0181. The van der Waals surface area contributed by atoms with E-state index in [0.29, 0.717) is 28.7 Å². The molecule has 328 valence electrons. The Morgan fingerprint density at radius 2 is 0.764 bits per heavy atom. The van der Waals surface area contributed by atoms with E-state index in [1.165, 1.54) is 91.4 Å². The first-order valence-corrected chi connectivity index (χ1v) is 22.3. The molecule has 0 aliphatic carbocycles. The maximum absolute atomic E-state index is 12.7. The maximum Gasteiger partial charge on any atom is 0.261 e. The molecule has 0 aromatic heterocycles. The SMILES string of the molecule is CC(C)(C)N1CCC(F)(F)C1.CC1CCN(C(C)(C)C)C1.CC1CCN(C(C)(C)C)C1.CN1CC2CN(C(C)(C)C)CC2C1.CN1CCN(C(C)(C)C)CC1. The molecule has 6 aliphatic heterocycles. The number of hydrogen-bond donors (Lipinski definition) is 0. The van der Waals surface area contributed by atoms with Crippen LogP contribution in [0, 0.1) is 23.7 Å². The van der Waals surface area contributed by atoms with Crippen LogP contribution in [-0.4, -0.2) is 174 Å². The Balaban J connectivity index is 0.000000239. The van der Waals surface area contributed by atoms with Crippen molar-refractivity contribution in [3.8, 4) is 0 Å². The molecule has 0 spiro atoms. The lowest BCUT2D eigenvalue weighted by Gasteiger charge is -2.41. The molecule has 4 unspecified atom stereocenters. The van der Waals surface area contributed by atoms with Gasteiger partial charge < -0.3 is 9.80 Å². The maximum atomic E-state index is 12.7. The predicted octanol–water partition coefficient (Wildman–Crippen LogP) is 8.69. The van der Waals surface area contributed by atoms with Crippen LogP contribution in [-0.2, 0) is 0 Å². The van der Waals surface area contributed by atoms with Gasteiger partial charge in [-0.1, -0.05) is 13.8 Å². The average molecular weight is 784 g/mol. The minimum atomic E-state index is -2.45. The average Bonchev–Trinajstić information content (AvgIpc) is 3.83. The van der Waals surface area contributed by atoms with Gasteiger partial charge in [0.1, 0.15) is 0 Å². The van der Waals surface area contributed by atoms with Crippen LogP contribution in [0.2, 0.25) is 0 Å². The van der Waals surface area contributed by atoms with E-state index in [1.54, 1.807) is 0 Å². The van der Waals surface area contributed by atoms with Crippen molar-refractivity contribution >= 4 is 0 Å². The van der Waals surface area contributed by atoms with Gasteiger partial charge in [0.15, 0.2) is 0 Å².